The van der Waals surface area contributed by atoms with Crippen LogP contribution in [0.1, 0.15) is 34.2 Å². The summed E-state index contributed by atoms with van der Waals surface area (Å²) < 4.78 is 2.01. The second-order valence-corrected chi connectivity index (χ2v) is 9.78. The van der Waals surface area contributed by atoms with E-state index in [0.717, 1.165) is 54.7 Å². The van der Waals surface area contributed by atoms with Gasteiger partial charge in [-0.3, -0.25) is 14.5 Å². The van der Waals surface area contributed by atoms with Gasteiger partial charge in [0, 0.05) is 61.3 Å². The van der Waals surface area contributed by atoms with Crippen molar-refractivity contribution in [3.8, 4) is 0 Å². The molecule has 5 heterocycles. The first-order chi connectivity index (χ1) is 14.0. The third-order valence-corrected chi connectivity index (χ3v) is 7.62. The van der Waals surface area contributed by atoms with Gasteiger partial charge >= 0.3 is 0 Å². The summed E-state index contributed by atoms with van der Waals surface area (Å²) in [7, 11) is 0. The van der Waals surface area contributed by atoms with Crippen LogP contribution in [0.5, 0.6) is 0 Å². The summed E-state index contributed by atoms with van der Waals surface area (Å²) in [5, 5.41) is 3.96. The number of piperidine rings is 1. The van der Waals surface area contributed by atoms with E-state index in [0.29, 0.717) is 31.5 Å². The molecule has 8 heteroatoms. The van der Waals surface area contributed by atoms with Crippen molar-refractivity contribution in [1.29, 1.82) is 0 Å². The normalized spacial score (nSPS) is 24.3. The minimum Gasteiger partial charge on any atom is -0.354 e. The van der Waals surface area contributed by atoms with Crippen molar-refractivity contribution in [3.63, 3.8) is 0 Å². The molecule has 3 aliphatic heterocycles. The number of carbonyl (C=O) groups excluding carboxylic acids is 1. The highest BCUT2D eigenvalue weighted by Crippen LogP contribution is 2.38. The van der Waals surface area contributed by atoms with Crippen molar-refractivity contribution in [2.45, 2.75) is 39.3 Å². The van der Waals surface area contributed by atoms with E-state index >= 15 is 0 Å². The van der Waals surface area contributed by atoms with Gasteiger partial charge in [-0.25, -0.2) is 4.98 Å². The molecule has 0 aromatic carbocycles. The number of carbonyl (C=O) groups is 1. The molecule has 2 fully saturated rings. The molecule has 154 valence electrons. The Balaban J connectivity index is 1.39. The van der Waals surface area contributed by atoms with Gasteiger partial charge in [0.2, 0.25) is 5.91 Å². The highest BCUT2D eigenvalue weighted by molar-refractivity contribution is 7.15. The van der Waals surface area contributed by atoms with Crippen molar-refractivity contribution in [1.82, 2.24) is 19.8 Å². The third kappa shape index (κ3) is 3.48. The fraction of sp³-hybridized carbons (Fsp3) is 0.571. The monoisotopic (exact) mass is 413 g/mol. The number of piperazine rings is 1. The number of nitrogens with one attached hydrogen (secondary N) is 1. The average Bonchev–Trinajstić information content (AvgIpc) is 3.03. The van der Waals surface area contributed by atoms with Crippen LogP contribution in [0.2, 0.25) is 0 Å². The Morgan fingerprint density at radius 1 is 1.21 bits per heavy atom. The van der Waals surface area contributed by atoms with Crippen molar-refractivity contribution in [2.24, 2.45) is 5.92 Å². The minimum atomic E-state index is 0.0385. The lowest BCUT2D eigenvalue weighted by atomic mass is 9.83. The van der Waals surface area contributed by atoms with Crippen molar-refractivity contribution in [3.05, 3.63) is 44.3 Å². The maximum Gasteiger partial charge on any atom is 0.255 e. The molecule has 0 unspecified atom stereocenters. The van der Waals surface area contributed by atoms with Crippen LogP contribution in [-0.2, 0) is 17.9 Å². The molecular weight excluding hydrogens is 386 g/mol. The predicted molar refractivity (Wildman–Crippen MR) is 114 cm³/mol. The molecular formula is C21H27N5O2S. The summed E-state index contributed by atoms with van der Waals surface area (Å²) in [5.74, 6) is 0.880. The molecule has 0 spiro atoms. The molecule has 2 aromatic heterocycles. The molecule has 0 radical (unpaired) electrons. The predicted octanol–water partition coefficient (Wildman–Crippen LogP) is 1.48. The van der Waals surface area contributed by atoms with Crippen LogP contribution >= 0.6 is 11.3 Å². The van der Waals surface area contributed by atoms with Crippen LogP contribution in [0.3, 0.4) is 0 Å². The van der Waals surface area contributed by atoms with Crippen molar-refractivity contribution < 1.29 is 4.79 Å². The van der Waals surface area contributed by atoms with Gasteiger partial charge in [-0.1, -0.05) is 6.07 Å². The van der Waals surface area contributed by atoms with E-state index in [1.165, 1.54) is 4.88 Å². The first-order valence-electron chi connectivity index (χ1n) is 10.4. The number of aryl methyl sites for hydroxylation is 2. The Morgan fingerprint density at radius 2 is 2.07 bits per heavy atom. The topological polar surface area (TPSA) is 70.5 Å². The number of anilines is 1. The molecule has 7 nitrogen and oxygen atoms in total. The summed E-state index contributed by atoms with van der Waals surface area (Å²) in [6.45, 7) is 9.23. The lowest BCUT2D eigenvalue weighted by molar-refractivity contribution is -0.124. The zero-order valence-electron chi connectivity index (χ0n) is 17.0. The van der Waals surface area contributed by atoms with Crippen LogP contribution in [0.4, 0.5) is 5.13 Å². The van der Waals surface area contributed by atoms with Crippen LogP contribution in [0.15, 0.2) is 16.9 Å². The highest BCUT2D eigenvalue weighted by Gasteiger charge is 2.36. The molecule has 3 aliphatic rings. The maximum absolute atomic E-state index is 13.2. The summed E-state index contributed by atoms with van der Waals surface area (Å²) in [5.41, 5.74) is 3.19. The SMILES string of the molecule is Cc1nc(N2C[C@@H]3C[C@H](C2)c2ccc(CN4CCNC(=O)C4)c(=O)n2C3)sc1C. The van der Waals surface area contributed by atoms with Gasteiger partial charge in [0.25, 0.3) is 5.56 Å². The van der Waals surface area contributed by atoms with Crippen molar-refractivity contribution >= 4 is 22.4 Å². The number of pyridine rings is 1. The summed E-state index contributed by atoms with van der Waals surface area (Å²) in [6, 6.07) is 4.13. The number of hydrogen-bond acceptors (Lipinski definition) is 6. The van der Waals surface area contributed by atoms with Gasteiger partial charge in [0.05, 0.1) is 12.2 Å². The second kappa shape index (κ2) is 7.25. The van der Waals surface area contributed by atoms with E-state index in [2.05, 4.69) is 35.0 Å². The standard InChI is InChI=1S/C21H27N5O2S/c1-13-14(2)29-21(23-13)25-8-15-7-17(11-25)18-4-3-16(20(28)26(18)9-15)10-24-6-5-22-19(27)12-24/h3-4,15,17H,5-12H2,1-2H3,(H,22,27)/t15-,17+/m0/s1. The van der Waals surface area contributed by atoms with Crippen molar-refractivity contribution in [2.75, 3.05) is 37.6 Å². The lowest BCUT2D eigenvalue weighted by Crippen LogP contribution is -2.49. The van der Waals surface area contributed by atoms with E-state index < -0.39 is 0 Å². The fourth-order valence-corrected chi connectivity index (χ4v) is 5.85. The number of amides is 1. The lowest BCUT2D eigenvalue weighted by Gasteiger charge is -2.43. The zero-order chi connectivity index (χ0) is 20.1. The summed E-state index contributed by atoms with van der Waals surface area (Å²) >= 11 is 1.77. The molecule has 2 atom stereocenters. The van der Waals surface area contributed by atoms with E-state index in [4.69, 9.17) is 4.98 Å². The van der Waals surface area contributed by atoms with E-state index in [9.17, 15) is 9.59 Å². The quantitative estimate of drug-likeness (QED) is 0.825. The van der Waals surface area contributed by atoms with Crippen LogP contribution in [0, 0.1) is 19.8 Å². The number of hydrogen-bond donors (Lipinski definition) is 1. The molecule has 2 saturated heterocycles. The molecule has 1 amide bonds. The van der Waals surface area contributed by atoms with Gasteiger partial charge in [-0.05, 0) is 32.3 Å². The third-order valence-electron chi connectivity index (χ3n) is 6.48. The highest BCUT2D eigenvalue weighted by atomic mass is 32.1. The number of rotatable bonds is 3. The Bertz CT molecular complexity index is 993. The first-order valence-corrected chi connectivity index (χ1v) is 11.2. The molecule has 0 saturated carbocycles. The fourth-order valence-electron chi connectivity index (χ4n) is 4.93. The van der Waals surface area contributed by atoms with Gasteiger partial charge in [0.15, 0.2) is 5.13 Å². The average molecular weight is 414 g/mol. The summed E-state index contributed by atoms with van der Waals surface area (Å²) in [4.78, 5) is 35.4. The Labute approximate surface area is 174 Å². The molecule has 2 aromatic rings. The minimum absolute atomic E-state index is 0.0385. The molecule has 5 rings (SSSR count). The van der Waals surface area contributed by atoms with Crippen LogP contribution in [-0.4, -0.2) is 53.1 Å². The number of nitrogens with zero attached hydrogens (tertiary/aromatic N) is 4. The first kappa shape index (κ1) is 18.8. The Hall–Kier alpha value is -2.19. The van der Waals surface area contributed by atoms with E-state index in [1.807, 2.05) is 10.6 Å². The molecule has 29 heavy (non-hydrogen) atoms. The van der Waals surface area contributed by atoms with Gasteiger partial charge < -0.3 is 14.8 Å². The molecule has 0 aliphatic carbocycles. The van der Waals surface area contributed by atoms with Gasteiger partial charge in [-0.2, -0.15) is 0 Å². The largest absolute Gasteiger partial charge is 0.354 e. The van der Waals surface area contributed by atoms with Crippen LogP contribution < -0.4 is 15.8 Å². The molecule has 1 N–H and O–H groups in total. The smallest absolute Gasteiger partial charge is 0.255 e. The zero-order valence-corrected chi connectivity index (χ0v) is 17.8. The van der Waals surface area contributed by atoms with E-state index in [-0.39, 0.29) is 11.5 Å². The Morgan fingerprint density at radius 3 is 2.83 bits per heavy atom. The van der Waals surface area contributed by atoms with Gasteiger partial charge in [0.1, 0.15) is 0 Å². The maximum atomic E-state index is 13.2. The number of thiazole rings is 1. The Kier molecular flexibility index (Phi) is 4.70. The number of aromatic nitrogens is 2. The summed E-state index contributed by atoms with van der Waals surface area (Å²) in [6.07, 6.45) is 1.14. The van der Waals surface area contributed by atoms with Crippen LogP contribution in [0.25, 0.3) is 0 Å². The van der Waals surface area contributed by atoms with Gasteiger partial charge in [-0.15, -0.1) is 11.3 Å². The number of fused-ring (bicyclic) bond motifs is 4. The van der Waals surface area contributed by atoms with E-state index in [1.54, 1.807) is 11.3 Å². The second-order valence-electron chi connectivity index (χ2n) is 8.60. The molecule has 2 bridgehead atoms.